The Morgan fingerprint density at radius 2 is 1.97 bits per heavy atom. The number of aryl methyl sites for hydroxylation is 1. The molecular formula is C20H25N3O6S. The zero-order valence-corrected chi connectivity index (χ0v) is 17.9. The van der Waals surface area contributed by atoms with E-state index in [9.17, 15) is 23.3 Å². The van der Waals surface area contributed by atoms with E-state index in [2.05, 4.69) is 5.32 Å². The molecule has 0 bridgehead atoms. The van der Waals surface area contributed by atoms with E-state index in [4.69, 9.17) is 4.74 Å². The second kappa shape index (κ2) is 10.2. The molecule has 2 rings (SSSR count). The zero-order valence-electron chi connectivity index (χ0n) is 17.1. The van der Waals surface area contributed by atoms with Gasteiger partial charge in [-0.05, 0) is 50.2 Å². The normalized spacial score (nSPS) is 11.3. The monoisotopic (exact) mass is 435 g/mol. The Balaban J connectivity index is 1.76. The third-order valence-corrected chi connectivity index (χ3v) is 5.41. The van der Waals surface area contributed by atoms with E-state index in [-0.39, 0.29) is 23.0 Å². The number of rotatable bonds is 10. The second-order valence-corrected chi connectivity index (χ2v) is 9.01. The Bertz CT molecular complexity index is 1020. The molecule has 0 saturated carbocycles. The number of sulfone groups is 1. The summed E-state index contributed by atoms with van der Waals surface area (Å²) in [6.07, 6.45) is 1.79. The van der Waals surface area contributed by atoms with Gasteiger partial charge in [-0.15, -0.1) is 0 Å². The minimum atomic E-state index is -3.28. The predicted molar refractivity (Wildman–Crippen MR) is 114 cm³/mol. The van der Waals surface area contributed by atoms with Crippen LogP contribution >= 0.6 is 0 Å². The Morgan fingerprint density at radius 3 is 2.60 bits per heavy atom. The lowest BCUT2D eigenvalue weighted by Gasteiger charge is -2.17. The Hall–Kier alpha value is -2.98. The molecule has 1 N–H and O–H groups in total. The van der Waals surface area contributed by atoms with Crippen molar-refractivity contribution >= 4 is 27.1 Å². The van der Waals surface area contributed by atoms with Crippen LogP contribution in [0.3, 0.4) is 0 Å². The van der Waals surface area contributed by atoms with Crippen molar-refractivity contribution in [2.45, 2.75) is 18.2 Å². The quantitative estimate of drug-likeness (QED) is 0.346. The number of hydrogen-bond donors (Lipinski definition) is 1. The highest BCUT2D eigenvalue weighted by Gasteiger charge is 2.12. The molecule has 0 atom stereocenters. The number of non-ortho nitro benzene ring substituents is 1. The van der Waals surface area contributed by atoms with Crippen molar-refractivity contribution in [3.63, 3.8) is 0 Å². The highest BCUT2D eigenvalue weighted by Crippen LogP contribution is 2.21. The smallest absolute Gasteiger partial charge is 0.269 e. The van der Waals surface area contributed by atoms with Gasteiger partial charge in [0, 0.05) is 30.6 Å². The van der Waals surface area contributed by atoms with Crippen LogP contribution in [0.4, 0.5) is 11.4 Å². The largest absolute Gasteiger partial charge is 0.494 e. The maximum atomic E-state index is 12.2. The maximum absolute atomic E-state index is 12.2. The number of ether oxygens (including phenoxy) is 1. The fraction of sp³-hybridized carbons (Fsp3) is 0.350. The van der Waals surface area contributed by atoms with Gasteiger partial charge in [0.1, 0.15) is 5.75 Å². The molecule has 0 unspecified atom stereocenters. The number of nitro benzene ring substituents is 1. The van der Waals surface area contributed by atoms with Crippen molar-refractivity contribution < 1.29 is 22.9 Å². The Morgan fingerprint density at radius 1 is 1.23 bits per heavy atom. The summed E-state index contributed by atoms with van der Waals surface area (Å²) in [5.74, 6) is 0.253. The van der Waals surface area contributed by atoms with Gasteiger partial charge in [-0.1, -0.05) is 6.07 Å². The van der Waals surface area contributed by atoms with Crippen LogP contribution in [0, 0.1) is 17.0 Å². The van der Waals surface area contributed by atoms with E-state index < -0.39 is 14.8 Å². The number of carbonyl (C=O) groups excluding carboxylic acids is 1. The van der Waals surface area contributed by atoms with Crippen molar-refractivity contribution in [1.82, 2.24) is 4.90 Å². The first-order valence-electron chi connectivity index (χ1n) is 9.22. The molecule has 0 fully saturated rings. The lowest BCUT2D eigenvalue weighted by Crippen LogP contribution is -2.31. The SMILES string of the molecule is Cc1cc([N+](=O)[O-])ccc1NC(=O)CN(C)CCCOc1cccc(S(C)(=O)=O)c1. The van der Waals surface area contributed by atoms with Crippen LogP contribution in [0.5, 0.6) is 5.75 Å². The summed E-state index contributed by atoms with van der Waals surface area (Å²) in [5, 5.41) is 13.5. The average Bonchev–Trinajstić information content (AvgIpc) is 2.66. The van der Waals surface area contributed by atoms with E-state index in [0.717, 1.165) is 6.26 Å². The number of nitrogens with one attached hydrogen (secondary N) is 1. The first-order valence-corrected chi connectivity index (χ1v) is 11.1. The summed E-state index contributed by atoms with van der Waals surface area (Å²) in [7, 11) is -1.49. The summed E-state index contributed by atoms with van der Waals surface area (Å²) in [4.78, 5) is 24.5. The minimum absolute atomic E-state index is 0.0234. The lowest BCUT2D eigenvalue weighted by molar-refractivity contribution is -0.384. The lowest BCUT2D eigenvalue weighted by atomic mass is 10.2. The summed E-state index contributed by atoms with van der Waals surface area (Å²) >= 11 is 0. The summed E-state index contributed by atoms with van der Waals surface area (Å²) in [6, 6.07) is 10.6. The maximum Gasteiger partial charge on any atom is 0.269 e. The molecule has 1 amide bonds. The first kappa shape index (κ1) is 23.3. The molecule has 10 heteroatoms. The van der Waals surface area contributed by atoms with E-state index in [0.29, 0.717) is 36.6 Å². The molecule has 0 heterocycles. The van der Waals surface area contributed by atoms with Gasteiger partial charge in [-0.25, -0.2) is 8.42 Å². The highest BCUT2D eigenvalue weighted by atomic mass is 32.2. The molecule has 30 heavy (non-hydrogen) atoms. The standard InChI is InChI=1S/C20H25N3O6S/c1-15-12-16(23(25)26)8-9-19(15)21-20(24)14-22(2)10-5-11-29-17-6-4-7-18(13-17)30(3,27)28/h4,6-9,12-13H,5,10-11,14H2,1-3H3,(H,21,24). The third kappa shape index (κ3) is 7.12. The van der Waals surface area contributed by atoms with E-state index in [1.165, 1.54) is 30.3 Å². The van der Waals surface area contributed by atoms with Gasteiger partial charge in [0.2, 0.25) is 5.91 Å². The van der Waals surface area contributed by atoms with Gasteiger partial charge in [0.05, 0.1) is 23.0 Å². The predicted octanol–water partition coefficient (Wildman–Crippen LogP) is 2.65. The van der Waals surface area contributed by atoms with Crippen molar-refractivity contribution in [2.24, 2.45) is 0 Å². The average molecular weight is 436 g/mol. The first-order chi connectivity index (χ1) is 14.1. The van der Waals surface area contributed by atoms with Crippen molar-refractivity contribution in [2.75, 3.05) is 38.3 Å². The van der Waals surface area contributed by atoms with E-state index in [1.54, 1.807) is 26.1 Å². The number of benzene rings is 2. The molecule has 2 aromatic carbocycles. The second-order valence-electron chi connectivity index (χ2n) is 6.99. The molecule has 162 valence electrons. The number of likely N-dealkylation sites (N-methyl/N-ethyl adjacent to an activating group) is 1. The van der Waals surface area contributed by atoms with Gasteiger partial charge < -0.3 is 10.1 Å². The van der Waals surface area contributed by atoms with Crippen LogP contribution < -0.4 is 10.1 Å². The van der Waals surface area contributed by atoms with Crippen LogP contribution in [0.25, 0.3) is 0 Å². The fourth-order valence-corrected chi connectivity index (χ4v) is 3.39. The number of hydrogen-bond acceptors (Lipinski definition) is 7. The van der Waals surface area contributed by atoms with Gasteiger partial charge >= 0.3 is 0 Å². The molecular weight excluding hydrogens is 410 g/mol. The van der Waals surface area contributed by atoms with Crippen molar-refractivity contribution in [3.05, 3.63) is 58.1 Å². The van der Waals surface area contributed by atoms with Crippen LogP contribution in [0.15, 0.2) is 47.4 Å². The Labute approximate surface area is 175 Å². The number of nitro groups is 1. The van der Waals surface area contributed by atoms with Crippen molar-refractivity contribution in [3.8, 4) is 5.75 Å². The molecule has 0 saturated heterocycles. The van der Waals surface area contributed by atoms with E-state index in [1.807, 2.05) is 4.90 Å². The molecule has 0 aliphatic carbocycles. The summed E-state index contributed by atoms with van der Waals surface area (Å²) in [5.41, 5.74) is 1.13. The number of amides is 1. The molecule has 2 aromatic rings. The Kier molecular flexibility index (Phi) is 7.90. The van der Waals surface area contributed by atoms with Crippen molar-refractivity contribution in [1.29, 1.82) is 0 Å². The number of nitrogens with zero attached hydrogens (tertiary/aromatic N) is 2. The van der Waals surface area contributed by atoms with E-state index >= 15 is 0 Å². The fourth-order valence-electron chi connectivity index (χ4n) is 2.73. The van der Waals surface area contributed by atoms with Crippen LogP contribution in [0.1, 0.15) is 12.0 Å². The molecule has 9 nitrogen and oxygen atoms in total. The molecule has 0 aromatic heterocycles. The van der Waals surface area contributed by atoms with Gasteiger partial charge in [0.25, 0.3) is 5.69 Å². The van der Waals surface area contributed by atoms with Gasteiger partial charge in [-0.2, -0.15) is 0 Å². The summed E-state index contributed by atoms with van der Waals surface area (Å²) < 4.78 is 28.7. The number of carbonyl (C=O) groups is 1. The molecule has 0 aliphatic heterocycles. The van der Waals surface area contributed by atoms with Crippen LogP contribution in [-0.2, 0) is 14.6 Å². The third-order valence-electron chi connectivity index (χ3n) is 4.29. The van der Waals surface area contributed by atoms with Gasteiger partial charge in [0.15, 0.2) is 9.84 Å². The molecule has 0 radical (unpaired) electrons. The summed E-state index contributed by atoms with van der Waals surface area (Å²) in [6.45, 7) is 2.82. The topological polar surface area (TPSA) is 119 Å². The van der Waals surface area contributed by atoms with Gasteiger partial charge in [-0.3, -0.25) is 19.8 Å². The molecule has 0 spiro atoms. The molecule has 0 aliphatic rings. The van der Waals surface area contributed by atoms with Crippen LogP contribution in [-0.4, -0.2) is 57.1 Å². The number of anilines is 1. The zero-order chi connectivity index (χ0) is 22.3. The highest BCUT2D eigenvalue weighted by molar-refractivity contribution is 7.90. The van der Waals surface area contributed by atoms with Crippen LogP contribution in [0.2, 0.25) is 0 Å². The minimum Gasteiger partial charge on any atom is -0.494 e.